The molecular formula is C8H13F3N2S2. The molecule has 1 N–H and O–H groups in total. The van der Waals surface area contributed by atoms with Crippen LogP contribution in [0.1, 0.15) is 13.3 Å². The lowest BCUT2D eigenvalue weighted by Gasteiger charge is -2.21. The van der Waals surface area contributed by atoms with E-state index in [1.165, 1.54) is 0 Å². The van der Waals surface area contributed by atoms with Crippen molar-refractivity contribution in [1.29, 1.82) is 0 Å². The second-order valence-corrected chi connectivity index (χ2v) is 5.41. The second-order valence-electron chi connectivity index (χ2n) is 3.16. The number of nitrogens with one attached hydrogen (secondary N) is 1. The highest BCUT2D eigenvalue weighted by Crippen LogP contribution is 2.29. The average Bonchev–Trinajstić information content (AvgIpc) is 2.11. The minimum Gasteiger partial charge on any atom is -0.362 e. The fourth-order valence-electron chi connectivity index (χ4n) is 1.06. The zero-order valence-electron chi connectivity index (χ0n) is 8.30. The fraction of sp³-hybridized carbons (Fsp3) is 0.875. The van der Waals surface area contributed by atoms with E-state index >= 15 is 0 Å². The van der Waals surface area contributed by atoms with Gasteiger partial charge in [-0.2, -0.15) is 13.2 Å². The van der Waals surface area contributed by atoms with Crippen LogP contribution in [0.3, 0.4) is 0 Å². The van der Waals surface area contributed by atoms with Crippen LogP contribution >= 0.6 is 23.5 Å². The lowest BCUT2D eigenvalue weighted by atomic mass is 10.3. The van der Waals surface area contributed by atoms with Crippen LogP contribution in [-0.4, -0.2) is 34.8 Å². The zero-order chi connectivity index (χ0) is 11.3. The van der Waals surface area contributed by atoms with Crippen LogP contribution in [0.2, 0.25) is 0 Å². The van der Waals surface area contributed by atoms with E-state index < -0.39 is 5.51 Å². The molecule has 0 amide bonds. The molecule has 0 aromatic rings. The summed E-state index contributed by atoms with van der Waals surface area (Å²) in [5.74, 6) is 0.975. The SMILES string of the molecule is CC1CCSC(=NCCSC(F)(F)F)N1. The molecule has 1 atom stereocenters. The molecule has 1 fully saturated rings. The van der Waals surface area contributed by atoms with Gasteiger partial charge in [-0.15, -0.1) is 0 Å². The first kappa shape index (κ1) is 13.0. The van der Waals surface area contributed by atoms with Gasteiger partial charge in [-0.25, -0.2) is 0 Å². The summed E-state index contributed by atoms with van der Waals surface area (Å²) >= 11 is 1.55. The lowest BCUT2D eigenvalue weighted by molar-refractivity contribution is -0.0327. The number of amidine groups is 1. The number of halogens is 3. The maximum atomic E-state index is 11.8. The molecule has 0 aromatic heterocycles. The Hall–Kier alpha value is -0.0400. The first-order valence-electron chi connectivity index (χ1n) is 4.62. The topological polar surface area (TPSA) is 24.4 Å². The summed E-state index contributed by atoms with van der Waals surface area (Å²) in [6, 6.07) is 0.375. The van der Waals surface area contributed by atoms with Crippen molar-refractivity contribution in [3.8, 4) is 0 Å². The van der Waals surface area contributed by atoms with E-state index in [0.717, 1.165) is 17.3 Å². The van der Waals surface area contributed by atoms with Crippen LogP contribution < -0.4 is 5.32 Å². The van der Waals surface area contributed by atoms with Crippen LogP contribution in [0.5, 0.6) is 0 Å². The maximum Gasteiger partial charge on any atom is 0.441 e. The molecule has 1 heterocycles. The largest absolute Gasteiger partial charge is 0.441 e. The van der Waals surface area contributed by atoms with Gasteiger partial charge in [-0.05, 0) is 25.1 Å². The first-order valence-corrected chi connectivity index (χ1v) is 6.59. The van der Waals surface area contributed by atoms with Gasteiger partial charge >= 0.3 is 5.51 Å². The van der Waals surface area contributed by atoms with E-state index in [0.29, 0.717) is 6.04 Å². The van der Waals surface area contributed by atoms with Crippen molar-refractivity contribution in [3.05, 3.63) is 0 Å². The maximum absolute atomic E-state index is 11.8. The Bertz CT molecular complexity index is 230. The molecule has 0 aliphatic carbocycles. The summed E-state index contributed by atoms with van der Waals surface area (Å²) in [5.41, 5.74) is -4.14. The van der Waals surface area contributed by atoms with Crippen molar-refractivity contribution in [2.45, 2.75) is 24.9 Å². The molecule has 1 unspecified atom stereocenters. The molecule has 88 valence electrons. The summed E-state index contributed by atoms with van der Waals surface area (Å²) in [6.45, 7) is 2.26. The molecular weight excluding hydrogens is 245 g/mol. The van der Waals surface area contributed by atoms with Crippen molar-refractivity contribution in [1.82, 2.24) is 5.32 Å². The molecule has 1 saturated heterocycles. The van der Waals surface area contributed by atoms with Crippen molar-refractivity contribution >= 4 is 28.7 Å². The molecule has 1 aliphatic rings. The van der Waals surface area contributed by atoms with Crippen LogP contribution in [0.25, 0.3) is 0 Å². The summed E-state index contributed by atoms with van der Waals surface area (Å²) in [6.07, 6.45) is 1.07. The van der Waals surface area contributed by atoms with Gasteiger partial charge < -0.3 is 5.32 Å². The normalized spacial score (nSPS) is 25.3. The van der Waals surface area contributed by atoms with Gasteiger partial charge in [0.15, 0.2) is 5.17 Å². The Morgan fingerprint density at radius 1 is 1.60 bits per heavy atom. The molecule has 0 bridgehead atoms. The van der Waals surface area contributed by atoms with Gasteiger partial charge in [-0.1, -0.05) is 11.8 Å². The third-order valence-corrected chi connectivity index (χ3v) is 3.45. The molecule has 1 aliphatic heterocycles. The molecule has 0 aromatic carbocycles. The molecule has 7 heteroatoms. The van der Waals surface area contributed by atoms with E-state index in [4.69, 9.17) is 0 Å². The smallest absolute Gasteiger partial charge is 0.362 e. The number of rotatable bonds is 3. The van der Waals surface area contributed by atoms with Crippen LogP contribution in [-0.2, 0) is 0 Å². The Balaban J connectivity index is 2.20. The van der Waals surface area contributed by atoms with Crippen LogP contribution in [0.4, 0.5) is 13.2 Å². The molecule has 0 radical (unpaired) electrons. The van der Waals surface area contributed by atoms with E-state index in [-0.39, 0.29) is 24.1 Å². The summed E-state index contributed by atoms with van der Waals surface area (Å²) in [7, 11) is 0. The Morgan fingerprint density at radius 2 is 2.33 bits per heavy atom. The molecule has 2 nitrogen and oxygen atoms in total. The van der Waals surface area contributed by atoms with E-state index in [9.17, 15) is 13.2 Å². The number of nitrogens with zero attached hydrogens (tertiary/aromatic N) is 1. The monoisotopic (exact) mass is 258 g/mol. The Morgan fingerprint density at radius 3 is 2.93 bits per heavy atom. The van der Waals surface area contributed by atoms with Crippen molar-refractivity contribution in [3.63, 3.8) is 0 Å². The highest BCUT2D eigenvalue weighted by Gasteiger charge is 2.27. The Kier molecular flexibility index (Phi) is 5.11. The number of aliphatic imine (C=N–C) groups is 1. The van der Waals surface area contributed by atoms with Gasteiger partial charge in [0.25, 0.3) is 0 Å². The number of alkyl halides is 3. The molecule has 0 spiro atoms. The third kappa shape index (κ3) is 6.19. The molecule has 0 saturated carbocycles. The van der Waals surface area contributed by atoms with E-state index in [2.05, 4.69) is 10.3 Å². The van der Waals surface area contributed by atoms with E-state index in [1.54, 1.807) is 11.8 Å². The number of hydrogen-bond acceptors (Lipinski definition) is 3. The van der Waals surface area contributed by atoms with Gasteiger partial charge in [0.1, 0.15) is 0 Å². The number of hydrogen-bond donors (Lipinski definition) is 1. The van der Waals surface area contributed by atoms with E-state index in [1.807, 2.05) is 6.92 Å². The quantitative estimate of drug-likeness (QED) is 0.788. The summed E-state index contributed by atoms with van der Waals surface area (Å²) in [5, 5.41) is 3.91. The van der Waals surface area contributed by atoms with Crippen molar-refractivity contribution in [2.24, 2.45) is 4.99 Å². The minimum absolute atomic E-state index is 0.0103. The summed E-state index contributed by atoms with van der Waals surface area (Å²) in [4.78, 5) is 4.08. The highest BCUT2D eigenvalue weighted by atomic mass is 32.2. The van der Waals surface area contributed by atoms with Gasteiger partial charge in [0, 0.05) is 17.5 Å². The van der Waals surface area contributed by atoms with Crippen LogP contribution in [0.15, 0.2) is 4.99 Å². The first-order chi connectivity index (χ1) is 6.97. The van der Waals surface area contributed by atoms with Gasteiger partial charge in [0.05, 0.1) is 6.54 Å². The molecule has 1 rings (SSSR count). The average molecular weight is 258 g/mol. The Labute approximate surface area is 95.5 Å². The van der Waals surface area contributed by atoms with Gasteiger partial charge in [-0.3, -0.25) is 4.99 Å². The summed E-state index contributed by atoms with van der Waals surface area (Å²) < 4.78 is 35.3. The predicted octanol–water partition coefficient (Wildman–Crippen LogP) is 2.71. The fourth-order valence-corrected chi connectivity index (χ4v) is 2.60. The zero-order valence-corrected chi connectivity index (χ0v) is 9.94. The lowest BCUT2D eigenvalue weighted by Crippen LogP contribution is -2.35. The standard InChI is InChI=1S/C8H13F3N2S2/c1-6-2-4-14-7(13-6)12-3-5-15-8(9,10)11/h6H,2-5H2,1H3,(H,12,13). The minimum atomic E-state index is -4.14. The predicted molar refractivity (Wildman–Crippen MR) is 60.5 cm³/mol. The van der Waals surface area contributed by atoms with Crippen molar-refractivity contribution in [2.75, 3.05) is 18.1 Å². The van der Waals surface area contributed by atoms with Crippen molar-refractivity contribution < 1.29 is 13.2 Å². The van der Waals surface area contributed by atoms with Gasteiger partial charge in [0.2, 0.25) is 0 Å². The highest BCUT2D eigenvalue weighted by molar-refractivity contribution is 8.13. The second kappa shape index (κ2) is 5.89. The molecule has 15 heavy (non-hydrogen) atoms. The van der Waals surface area contributed by atoms with Crippen LogP contribution in [0, 0.1) is 0 Å². The number of thioether (sulfide) groups is 2. The third-order valence-electron chi connectivity index (χ3n) is 1.77.